The van der Waals surface area contributed by atoms with Crippen LogP contribution in [0.4, 0.5) is 4.79 Å². The fourth-order valence-corrected chi connectivity index (χ4v) is 0.777. The van der Waals surface area contributed by atoms with E-state index in [0.717, 1.165) is 5.69 Å². The number of amides is 2. The highest BCUT2D eigenvalue weighted by molar-refractivity contribution is 5.78. The van der Waals surface area contributed by atoms with Crippen LogP contribution in [0.1, 0.15) is 5.69 Å². The predicted molar refractivity (Wildman–Crippen MR) is 45.0 cm³/mol. The van der Waals surface area contributed by atoms with Crippen LogP contribution in [0.25, 0.3) is 0 Å². The van der Waals surface area contributed by atoms with Crippen LogP contribution in [-0.2, 0) is 13.6 Å². The van der Waals surface area contributed by atoms with Crippen molar-refractivity contribution < 1.29 is 4.79 Å². The third-order valence-electron chi connectivity index (χ3n) is 1.48. The number of rotatable bonds is 2. The standard InChI is InChI=1S/C7H10N4O/c1-8-7(12)10-4-6-3-9-5-11(6)2/h3,5H,1,4H2,2H3,(H,10,12). The van der Waals surface area contributed by atoms with Gasteiger partial charge in [-0.2, -0.15) is 0 Å². The summed E-state index contributed by atoms with van der Waals surface area (Å²) in [5.74, 6) is 0. The summed E-state index contributed by atoms with van der Waals surface area (Å²) in [7, 11) is 1.86. The second-order valence-electron chi connectivity index (χ2n) is 2.31. The van der Waals surface area contributed by atoms with Gasteiger partial charge < -0.3 is 9.88 Å². The molecule has 1 aromatic rings. The number of urea groups is 1. The number of carbonyl (C=O) groups excluding carboxylic acids is 1. The Morgan fingerprint density at radius 1 is 1.92 bits per heavy atom. The lowest BCUT2D eigenvalue weighted by Gasteiger charge is -2.01. The van der Waals surface area contributed by atoms with Gasteiger partial charge in [0.25, 0.3) is 0 Å². The quantitative estimate of drug-likeness (QED) is 0.643. The number of hydrogen-bond donors (Lipinski definition) is 1. The molecule has 0 aliphatic carbocycles. The Labute approximate surface area is 70.1 Å². The highest BCUT2D eigenvalue weighted by Crippen LogP contribution is 1.94. The molecule has 0 fully saturated rings. The van der Waals surface area contributed by atoms with Gasteiger partial charge in [-0.15, -0.1) is 0 Å². The molecule has 0 aliphatic rings. The van der Waals surface area contributed by atoms with Gasteiger partial charge in [-0.3, -0.25) is 0 Å². The van der Waals surface area contributed by atoms with E-state index in [4.69, 9.17) is 0 Å². The van der Waals surface area contributed by atoms with E-state index in [1.165, 1.54) is 0 Å². The number of aromatic nitrogens is 2. The van der Waals surface area contributed by atoms with Gasteiger partial charge in [0.1, 0.15) is 0 Å². The number of hydrogen-bond acceptors (Lipinski definition) is 2. The molecule has 0 spiro atoms. The Bertz CT molecular complexity index is 291. The molecular formula is C7H10N4O. The number of nitrogens with zero attached hydrogens (tertiary/aromatic N) is 3. The van der Waals surface area contributed by atoms with Crippen molar-refractivity contribution in [2.75, 3.05) is 0 Å². The predicted octanol–water partition coefficient (Wildman–Crippen LogP) is 0.330. The summed E-state index contributed by atoms with van der Waals surface area (Å²) < 4.78 is 1.82. The summed E-state index contributed by atoms with van der Waals surface area (Å²) in [6.07, 6.45) is 3.35. The van der Waals surface area contributed by atoms with Crippen LogP contribution in [0.15, 0.2) is 17.5 Å². The van der Waals surface area contributed by atoms with E-state index in [1.54, 1.807) is 12.5 Å². The Hall–Kier alpha value is -1.65. The molecule has 1 aromatic heterocycles. The van der Waals surface area contributed by atoms with Crippen LogP contribution in [0.2, 0.25) is 0 Å². The number of imidazole rings is 1. The van der Waals surface area contributed by atoms with Gasteiger partial charge in [-0.05, 0) is 6.72 Å². The van der Waals surface area contributed by atoms with Crippen LogP contribution in [-0.4, -0.2) is 22.3 Å². The highest BCUT2D eigenvalue weighted by Gasteiger charge is 1.99. The second-order valence-corrected chi connectivity index (χ2v) is 2.31. The highest BCUT2D eigenvalue weighted by atomic mass is 16.2. The Balaban J connectivity index is 2.48. The van der Waals surface area contributed by atoms with E-state index in [-0.39, 0.29) is 0 Å². The molecule has 5 heteroatoms. The maximum Gasteiger partial charge on any atom is 0.340 e. The Morgan fingerprint density at radius 3 is 3.17 bits per heavy atom. The van der Waals surface area contributed by atoms with E-state index in [2.05, 4.69) is 22.0 Å². The van der Waals surface area contributed by atoms with E-state index < -0.39 is 6.03 Å². The lowest BCUT2D eigenvalue weighted by molar-refractivity contribution is 0.249. The minimum absolute atomic E-state index is 0.420. The maximum atomic E-state index is 10.6. The number of aliphatic imine (C=N–C) groups is 1. The van der Waals surface area contributed by atoms with Crippen molar-refractivity contribution in [3.8, 4) is 0 Å². The first kappa shape index (κ1) is 8.45. The molecule has 0 aliphatic heterocycles. The SMILES string of the molecule is C=NC(=O)NCc1cncn1C. The maximum absolute atomic E-state index is 10.6. The van der Waals surface area contributed by atoms with Crippen molar-refractivity contribution in [1.82, 2.24) is 14.9 Å². The van der Waals surface area contributed by atoms with Gasteiger partial charge in [-0.1, -0.05) is 0 Å². The van der Waals surface area contributed by atoms with Gasteiger partial charge in [0, 0.05) is 13.2 Å². The van der Waals surface area contributed by atoms with Crippen molar-refractivity contribution in [1.29, 1.82) is 0 Å². The van der Waals surface area contributed by atoms with Gasteiger partial charge in [0.15, 0.2) is 0 Å². The van der Waals surface area contributed by atoms with E-state index in [0.29, 0.717) is 6.54 Å². The smallest absolute Gasteiger partial charge is 0.336 e. The van der Waals surface area contributed by atoms with Crippen LogP contribution >= 0.6 is 0 Å². The number of carbonyl (C=O) groups is 1. The van der Waals surface area contributed by atoms with Gasteiger partial charge in [0.2, 0.25) is 0 Å². The first-order valence-electron chi connectivity index (χ1n) is 3.44. The first-order chi connectivity index (χ1) is 5.74. The number of aryl methyl sites for hydroxylation is 1. The van der Waals surface area contributed by atoms with Crippen molar-refractivity contribution >= 4 is 12.7 Å². The van der Waals surface area contributed by atoms with E-state index in [9.17, 15) is 4.79 Å². The summed E-state index contributed by atoms with van der Waals surface area (Å²) in [6, 6.07) is -0.420. The Kier molecular flexibility index (Phi) is 2.57. The van der Waals surface area contributed by atoms with Crippen LogP contribution in [0.3, 0.4) is 0 Å². The lowest BCUT2D eigenvalue weighted by atomic mass is 10.4. The van der Waals surface area contributed by atoms with Crippen LogP contribution in [0, 0.1) is 0 Å². The molecule has 1 heterocycles. The minimum Gasteiger partial charge on any atom is -0.336 e. The zero-order valence-electron chi connectivity index (χ0n) is 6.82. The summed E-state index contributed by atoms with van der Waals surface area (Å²) in [6.45, 7) is 3.52. The number of nitrogens with one attached hydrogen (secondary N) is 1. The zero-order chi connectivity index (χ0) is 8.97. The summed E-state index contributed by atoms with van der Waals surface area (Å²) in [5, 5.41) is 2.55. The summed E-state index contributed by atoms with van der Waals surface area (Å²) in [4.78, 5) is 17.7. The third-order valence-corrected chi connectivity index (χ3v) is 1.48. The average Bonchev–Trinajstić information content (AvgIpc) is 2.47. The largest absolute Gasteiger partial charge is 0.340 e. The molecule has 0 atom stereocenters. The van der Waals surface area contributed by atoms with Gasteiger partial charge >= 0.3 is 6.03 Å². The molecule has 0 bridgehead atoms. The molecule has 0 radical (unpaired) electrons. The molecule has 0 unspecified atom stereocenters. The third kappa shape index (κ3) is 1.91. The molecule has 12 heavy (non-hydrogen) atoms. The van der Waals surface area contributed by atoms with Crippen molar-refractivity contribution in [3.05, 3.63) is 18.2 Å². The van der Waals surface area contributed by atoms with Gasteiger partial charge in [0.05, 0.1) is 18.6 Å². The van der Waals surface area contributed by atoms with E-state index >= 15 is 0 Å². The molecule has 5 nitrogen and oxygen atoms in total. The van der Waals surface area contributed by atoms with Crippen molar-refractivity contribution in [2.45, 2.75) is 6.54 Å². The molecule has 64 valence electrons. The molecule has 1 rings (SSSR count). The van der Waals surface area contributed by atoms with Gasteiger partial charge in [-0.25, -0.2) is 14.8 Å². The topological polar surface area (TPSA) is 59.3 Å². The zero-order valence-corrected chi connectivity index (χ0v) is 6.82. The summed E-state index contributed by atoms with van der Waals surface area (Å²) >= 11 is 0. The monoisotopic (exact) mass is 166 g/mol. The summed E-state index contributed by atoms with van der Waals surface area (Å²) in [5.41, 5.74) is 0.923. The fraction of sp³-hybridized carbons (Fsp3) is 0.286. The van der Waals surface area contributed by atoms with Crippen molar-refractivity contribution in [3.63, 3.8) is 0 Å². The molecule has 0 saturated heterocycles. The molecule has 2 amide bonds. The molecular weight excluding hydrogens is 156 g/mol. The fourth-order valence-electron chi connectivity index (χ4n) is 0.777. The van der Waals surface area contributed by atoms with Crippen molar-refractivity contribution in [2.24, 2.45) is 12.0 Å². The molecule has 0 aromatic carbocycles. The normalized spacial score (nSPS) is 9.42. The second kappa shape index (κ2) is 3.66. The first-order valence-corrected chi connectivity index (χ1v) is 3.44. The van der Waals surface area contributed by atoms with E-state index in [1.807, 2.05) is 11.6 Å². The molecule has 1 N–H and O–H groups in total. The van der Waals surface area contributed by atoms with Crippen LogP contribution < -0.4 is 5.32 Å². The van der Waals surface area contributed by atoms with Crippen LogP contribution in [0.5, 0.6) is 0 Å². The lowest BCUT2D eigenvalue weighted by Crippen LogP contribution is -2.19. The minimum atomic E-state index is -0.420. The Morgan fingerprint density at radius 2 is 2.67 bits per heavy atom. The average molecular weight is 166 g/mol. The molecule has 0 saturated carbocycles.